The van der Waals surface area contributed by atoms with Gasteiger partial charge in [-0.2, -0.15) is 0 Å². The molecule has 1 heterocycles. The van der Waals surface area contributed by atoms with Gasteiger partial charge in [-0.1, -0.05) is 13.8 Å². The van der Waals surface area contributed by atoms with E-state index in [4.69, 9.17) is 10.5 Å². The molecule has 0 bridgehead atoms. The van der Waals surface area contributed by atoms with Crippen molar-refractivity contribution in [2.45, 2.75) is 39.2 Å². The number of benzene rings is 1. The molecule has 1 fully saturated rings. The Hall–Kier alpha value is -1.78. The first-order chi connectivity index (χ1) is 9.41. The molecule has 1 aromatic heterocycles. The van der Waals surface area contributed by atoms with Crippen molar-refractivity contribution in [2.75, 3.05) is 12.8 Å². The van der Waals surface area contributed by atoms with Crippen LogP contribution in [-0.4, -0.2) is 16.7 Å². The molecule has 1 aliphatic rings. The highest BCUT2D eigenvalue weighted by Crippen LogP contribution is 2.45. The number of rotatable bonds is 2. The van der Waals surface area contributed by atoms with Gasteiger partial charge in [0, 0.05) is 18.2 Å². The van der Waals surface area contributed by atoms with Crippen LogP contribution in [0.1, 0.15) is 39.2 Å². The molecule has 2 aromatic rings. The van der Waals surface area contributed by atoms with Gasteiger partial charge in [-0.15, -0.1) is 0 Å². The lowest BCUT2D eigenvalue weighted by atomic mass is 9.92. The SMILES string of the molecule is COc1cc2c(cc1F)nc(N)n2C1CCC(C)(C)C1. The summed E-state index contributed by atoms with van der Waals surface area (Å²) in [5, 5.41) is 0. The Morgan fingerprint density at radius 1 is 1.45 bits per heavy atom. The predicted octanol–water partition coefficient (Wildman–Crippen LogP) is 3.52. The quantitative estimate of drug-likeness (QED) is 0.913. The standard InChI is InChI=1S/C15H20FN3O/c1-15(2)5-4-9(8-15)19-12-7-13(20-3)10(16)6-11(12)18-14(19)17/h6-7,9H,4-5,8H2,1-3H3,(H2,17,18). The molecule has 0 aliphatic heterocycles. The number of aromatic nitrogens is 2. The summed E-state index contributed by atoms with van der Waals surface area (Å²) in [5.41, 5.74) is 7.81. The van der Waals surface area contributed by atoms with Gasteiger partial charge >= 0.3 is 0 Å². The minimum absolute atomic E-state index is 0.232. The molecule has 4 nitrogen and oxygen atoms in total. The highest BCUT2D eigenvalue weighted by atomic mass is 19.1. The van der Waals surface area contributed by atoms with Gasteiger partial charge in [-0.25, -0.2) is 9.37 Å². The summed E-state index contributed by atoms with van der Waals surface area (Å²) in [7, 11) is 1.47. The zero-order valence-electron chi connectivity index (χ0n) is 12.1. The second-order valence-electron chi connectivity index (χ2n) is 6.38. The largest absolute Gasteiger partial charge is 0.494 e. The van der Waals surface area contributed by atoms with Gasteiger partial charge in [0.1, 0.15) is 0 Å². The molecule has 1 aliphatic carbocycles. The van der Waals surface area contributed by atoms with Crippen LogP contribution >= 0.6 is 0 Å². The Balaban J connectivity index is 2.13. The molecule has 0 saturated heterocycles. The van der Waals surface area contributed by atoms with Crippen molar-refractivity contribution in [3.05, 3.63) is 17.9 Å². The third-order valence-electron chi connectivity index (χ3n) is 4.30. The van der Waals surface area contributed by atoms with Crippen molar-refractivity contribution in [1.82, 2.24) is 9.55 Å². The van der Waals surface area contributed by atoms with Crippen molar-refractivity contribution in [1.29, 1.82) is 0 Å². The molecule has 5 heteroatoms. The number of nitrogen functional groups attached to an aromatic ring is 1. The Labute approximate surface area is 117 Å². The number of nitrogens with zero attached hydrogens (tertiary/aromatic N) is 2. The van der Waals surface area contributed by atoms with Crippen molar-refractivity contribution in [3.8, 4) is 5.75 Å². The Morgan fingerprint density at radius 3 is 2.80 bits per heavy atom. The lowest BCUT2D eigenvalue weighted by Gasteiger charge is -2.19. The number of ether oxygens (including phenoxy) is 1. The smallest absolute Gasteiger partial charge is 0.201 e. The fraction of sp³-hybridized carbons (Fsp3) is 0.533. The third kappa shape index (κ3) is 2.01. The topological polar surface area (TPSA) is 53.1 Å². The lowest BCUT2D eigenvalue weighted by molar-refractivity contribution is 0.361. The molecule has 1 aromatic carbocycles. The molecule has 1 saturated carbocycles. The lowest BCUT2D eigenvalue weighted by Crippen LogP contribution is -2.11. The Morgan fingerprint density at radius 2 is 2.20 bits per heavy atom. The number of imidazole rings is 1. The van der Waals surface area contributed by atoms with Gasteiger partial charge in [0.15, 0.2) is 11.6 Å². The number of anilines is 1. The first-order valence-electron chi connectivity index (χ1n) is 6.92. The fourth-order valence-electron chi connectivity index (χ4n) is 3.28. The second kappa shape index (κ2) is 4.36. The molecule has 0 amide bonds. The second-order valence-corrected chi connectivity index (χ2v) is 6.38. The van der Waals surface area contributed by atoms with Crippen molar-refractivity contribution >= 4 is 17.0 Å². The summed E-state index contributed by atoms with van der Waals surface area (Å²) in [6, 6.07) is 3.41. The normalized spacial score (nSPS) is 21.5. The maximum absolute atomic E-state index is 13.7. The number of methoxy groups -OCH3 is 1. The van der Waals surface area contributed by atoms with Crippen molar-refractivity contribution in [3.63, 3.8) is 0 Å². The van der Waals surface area contributed by atoms with E-state index in [9.17, 15) is 4.39 Å². The van der Waals surface area contributed by atoms with E-state index in [1.54, 1.807) is 6.07 Å². The number of hydrogen-bond donors (Lipinski definition) is 1. The highest BCUT2D eigenvalue weighted by molar-refractivity contribution is 5.80. The van der Waals surface area contributed by atoms with Gasteiger partial charge in [-0.3, -0.25) is 0 Å². The van der Waals surface area contributed by atoms with E-state index in [0.717, 1.165) is 24.8 Å². The first-order valence-corrected chi connectivity index (χ1v) is 6.92. The molecule has 0 radical (unpaired) electrons. The summed E-state index contributed by atoms with van der Waals surface area (Å²) in [5.74, 6) is 0.280. The average molecular weight is 277 g/mol. The van der Waals surface area contributed by atoms with Gasteiger partial charge in [0.2, 0.25) is 5.95 Å². The van der Waals surface area contributed by atoms with Crippen LogP contribution in [0.4, 0.5) is 10.3 Å². The molecule has 1 unspecified atom stereocenters. The molecular formula is C15H20FN3O. The number of nitrogens with two attached hydrogens (primary N) is 1. The van der Waals surface area contributed by atoms with Gasteiger partial charge in [0.25, 0.3) is 0 Å². The fourth-order valence-corrected chi connectivity index (χ4v) is 3.28. The molecule has 2 N–H and O–H groups in total. The maximum Gasteiger partial charge on any atom is 0.201 e. The Kier molecular flexibility index (Phi) is 2.88. The zero-order valence-corrected chi connectivity index (χ0v) is 12.1. The Bertz CT molecular complexity index is 663. The van der Waals surface area contributed by atoms with E-state index >= 15 is 0 Å². The van der Waals surface area contributed by atoms with Crippen LogP contribution in [0.5, 0.6) is 5.75 Å². The van der Waals surface area contributed by atoms with Gasteiger partial charge in [-0.05, 0) is 24.7 Å². The van der Waals surface area contributed by atoms with Gasteiger partial charge in [0.05, 0.1) is 18.1 Å². The molecule has 0 spiro atoms. The summed E-state index contributed by atoms with van der Waals surface area (Å²) >= 11 is 0. The predicted molar refractivity (Wildman–Crippen MR) is 77.3 cm³/mol. The molecule has 1 atom stereocenters. The summed E-state index contributed by atoms with van der Waals surface area (Å²) in [4.78, 5) is 4.29. The van der Waals surface area contributed by atoms with Crippen LogP contribution in [0.2, 0.25) is 0 Å². The van der Waals surface area contributed by atoms with Crippen molar-refractivity contribution in [2.24, 2.45) is 5.41 Å². The number of hydrogen-bond acceptors (Lipinski definition) is 3. The van der Waals surface area contributed by atoms with Crippen LogP contribution < -0.4 is 10.5 Å². The van der Waals surface area contributed by atoms with Crippen LogP contribution in [-0.2, 0) is 0 Å². The first kappa shape index (κ1) is 13.2. The van der Waals surface area contributed by atoms with Crippen LogP contribution in [0.15, 0.2) is 12.1 Å². The molecular weight excluding hydrogens is 257 g/mol. The molecule has 108 valence electrons. The highest BCUT2D eigenvalue weighted by Gasteiger charge is 2.33. The van der Waals surface area contributed by atoms with E-state index < -0.39 is 5.82 Å². The van der Waals surface area contributed by atoms with E-state index in [2.05, 4.69) is 18.8 Å². The summed E-state index contributed by atoms with van der Waals surface area (Å²) in [6.45, 7) is 4.53. The number of halogens is 1. The monoisotopic (exact) mass is 277 g/mol. The van der Waals surface area contributed by atoms with Crippen molar-refractivity contribution < 1.29 is 9.13 Å². The van der Waals surface area contributed by atoms with E-state index in [0.29, 0.717) is 22.9 Å². The molecule has 20 heavy (non-hydrogen) atoms. The van der Waals surface area contributed by atoms with Gasteiger partial charge < -0.3 is 15.0 Å². The van der Waals surface area contributed by atoms with Crippen LogP contribution in [0, 0.1) is 11.2 Å². The van der Waals surface area contributed by atoms with Crippen LogP contribution in [0.25, 0.3) is 11.0 Å². The van der Waals surface area contributed by atoms with Crippen LogP contribution in [0.3, 0.4) is 0 Å². The minimum Gasteiger partial charge on any atom is -0.494 e. The maximum atomic E-state index is 13.7. The third-order valence-corrected chi connectivity index (χ3v) is 4.30. The van der Waals surface area contributed by atoms with E-state index in [1.165, 1.54) is 13.2 Å². The van der Waals surface area contributed by atoms with E-state index in [-0.39, 0.29) is 5.75 Å². The summed E-state index contributed by atoms with van der Waals surface area (Å²) in [6.07, 6.45) is 3.29. The summed E-state index contributed by atoms with van der Waals surface area (Å²) < 4.78 is 20.8. The number of fused-ring (bicyclic) bond motifs is 1. The zero-order chi connectivity index (χ0) is 14.5. The average Bonchev–Trinajstić information content (AvgIpc) is 2.86. The molecule has 3 rings (SSSR count). The van der Waals surface area contributed by atoms with E-state index in [1.807, 2.05) is 4.57 Å². The minimum atomic E-state index is -0.406.